The summed E-state index contributed by atoms with van der Waals surface area (Å²) in [5, 5.41) is 9.60. The molecule has 0 aliphatic heterocycles. The van der Waals surface area contributed by atoms with Crippen LogP contribution in [0.3, 0.4) is 0 Å². The van der Waals surface area contributed by atoms with Gasteiger partial charge >= 0.3 is 0 Å². The minimum atomic E-state index is 0.358. The van der Waals surface area contributed by atoms with E-state index in [0.29, 0.717) is 5.92 Å². The first-order valence-electron chi connectivity index (χ1n) is 16.9. The van der Waals surface area contributed by atoms with Gasteiger partial charge in [-0.2, -0.15) is 0 Å². The number of aryl methyl sites for hydroxylation is 1. The van der Waals surface area contributed by atoms with Gasteiger partial charge in [0, 0.05) is 22.6 Å². The minimum Gasteiger partial charge on any atom is -0.440 e. The second-order valence-corrected chi connectivity index (χ2v) is 12.5. The Bertz CT molecular complexity index is 2260. The maximum Gasteiger partial charge on any atom is 0.201 e. The summed E-state index contributed by atoms with van der Waals surface area (Å²) in [7, 11) is 0. The number of furan rings is 1. The van der Waals surface area contributed by atoms with Gasteiger partial charge in [-0.3, -0.25) is 0 Å². The van der Waals surface area contributed by atoms with E-state index in [1.54, 1.807) is 0 Å². The third-order valence-corrected chi connectivity index (χ3v) is 9.30. The Balaban J connectivity index is 1.33. The van der Waals surface area contributed by atoms with Crippen molar-refractivity contribution in [3.8, 4) is 22.3 Å². The molecule has 1 aromatic heterocycles. The molecule has 6 aromatic rings. The van der Waals surface area contributed by atoms with Gasteiger partial charge in [-0.25, -0.2) is 0 Å². The summed E-state index contributed by atoms with van der Waals surface area (Å²) in [6.07, 6.45) is 21.2. The van der Waals surface area contributed by atoms with Crippen LogP contribution in [0.25, 0.3) is 60.8 Å². The number of allylic oxidation sites excluding steroid dienone is 9. The Morgan fingerprint density at radius 2 is 1.50 bits per heavy atom. The van der Waals surface area contributed by atoms with Crippen molar-refractivity contribution in [1.82, 2.24) is 0 Å². The van der Waals surface area contributed by atoms with Crippen molar-refractivity contribution in [2.45, 2.75) is 33.6 Å². The summed E-state index contributed by atoms with van der Waals surface area (Å²) in [5.41, 5.74) is 10.3. The molecule has 2 nitrogen and oxygen atoms in total. The Morgan fingerprint density at radius 3 is 2.15 bits per heavy atom. The molecule has 0 bridgehead atoms. The number of nitrogens with one attached hydrogen (secondary N) is 1. The molecule has 1 N–H and O–H groups in total. The van der Waals surface area contributed by atoms with Crippen LogP contribution in [0.15, 0.2) is 162 Å². The second kappa shape index (κ2) is 13.6. The van der Waals surface area contributed by atoms with Crippen LogP contribution in [0.2, 0.25) is 0 Å². The zero-order chi connectivity index (χ0) is 33.0. The molecule has 1 aliphatic carbocycles. The van der Waals surface area contributed by atoms with E-state index in [1.165, 1.54) is 49.4 Å². The first-order valence-corrected chi connectivity index (χ1v) is 16.9. The lowest BCUT2D eigenvalue weighted by atomic mass is 9.85. The van der Waals surface area contributed by atoms with Crippen LogP contribution in [-0.2, 0) is 0 Å². The number of anilines is 1. The topological polar surface area (TPSA) is 25.2 Å². The molecule has 0 radical (unpaired) electrons. The number of hydrogen-bond acceptors (Lipinski definition) is 2. The molecule has 1 atom stereocenters. The first kappa shape index (κ1) is 31.0. The lowest BCUT2D eigenvalue weighted by Gasteiger charge is -2.18. The van der Waals surface area contributed by atoms with E-state index >= 15 is 0 Å². The molecular formula is C46H41NO. The fraction of sp³-hybridized carbons (Fsp3) is 0.130. The van der Waals surface area contributed by atoms with Crippen molar-refractivity contribution in [1.29, 1.82) is 0 Å². The zero-order valence-corrected chi connectivity index (χ0v) is 28.0. The average Bonchev–Trinajstić information content (AvgIpc) is 3.42. The maximum absolute atomic E-state index is 6.34. The fourth-order valence-corrected chi connectivity index (χ4v) is 6.94. The van der Waals surface area contributed by atoms with E-state index in [0.717, 1.165) is 46.5 Å². The normalized spacial score (nSPS) is 15.2. The summed E-state index contributed by atoms with van der Waals surface area (Å²) < 4.78 is 6.34. The number of hydrogen-bond donors (Lipinski definition) is 1. The SMILES string of the molecule is C=C1C=CC=CC1C/C=C/c1cccc(-c2c3ccccc3c(-c3ccc4oc(NC(/C=C\C)=C/CC)c(C)c4c3)c3ccccc23)c1. The maximum atomic E-state index is 6.34. The van der Waals surface area contributed by atoms with E-state index in [1.807, 2.05) is 13.0 Å². The number of benzene rings is 5. The minimum absolute atomic E-state index is 0.358. The van der Waals surface area contributed by atoms with Crippen LogP contribution in [-0.4, -0.2) is 0 Å². The molecule has 5 aromatic carbocycles. The van der Waals surface area contributed by atoms with Crippen molar-refractivity contribution in [3.05, 3.63) is 169 Å². The van der Waals surface area contributed by atoms with Crippen LogP contribution in [0.1, 0.15) is 37.8 Å². The highest BCUT2D eigenvalue weighted by atomic mass is 16.3. The van der Waals surface area contributed by atoms with E-state index in [4.69, 9.17) is 4.42 Å². The molecule has 0 fully saturated rings. The highest BCUT2D eigenvalue weighted by Crippen LogP contribution is 2.45. The van der Waals surface area contributed by atoms with Gasteiger partial charge in [0.25, 0.3) is 0 Å². The van der Waals surface area contributed by atoms with Gasteiger partial charge in [0.2, 0.25) is 5.88 Å². The lowest BCUT2D eigenvalue weighted by molar-refractivity contribution is 0.630. The predicted octanol–water partition coefficient (Wildman–Crippen LogP) is 13.4. The zero-order valence-electron chi connectivity index (χ0n) is 28.0. The molecule has 0 amide bonds. The van der Waals surface area contributed by atoms with Gasteiger partial charge in [-0.15, -0.1) is 0 Å². The molecule has 1 heterocycles. The Morgan fingerprint density at radius 1 is 0.812 bits per heavy atom. The third-order valence-electron chi connectivity index (χ3n) is 9.30. The van der Waals surface area contributed by atoms with E-state index < -0.39 is 0 Å². The van der Waals surface area contributed by atoms with Crippen molar-refractivity contribution < 1.29 is 4.42 Å². The largest absolute Gasteiger partial charge is 0.440 e. The van der Waals surface area contributed by atoms with Crippen molar-refractivity contribution in [2.24, 2.45) is 5.92 Å². The third kappa shape index (κ3) is 5.98. The van der Waals surface area contributed by atoms with Gasteiger partial charge < -0.3 is 9.73 Å². The molecule has 7 rings (SSSR count). The smallest absolute Gasteiger partial charge is 0.201 e. The number of rotatable bonds is 9. The van der Waals surface area contributed by atoms with Gasteiger partial charge in [-0.05, 0) is 106 Å². The molecule has 48 heavy (non-hydrogen) atoms. The highest BCUT2D eigenvalue weighted by Gasteiger charge is 2.18. The molecular weight excluding hydrogens is 583 g/mol. The summed E-state index contributed by atoms with van der Waals surface area (Å²) >= 11 is 0. The molecule has 0 spiro atoms. The monoisotopic (exact) mass is 623 g/mol. The number of fused-ring (bicyclic) bond motifs is 3. The average molecular weight is 624 g/mol. The van der Waals surface area contributed by atoms with Gasteiger partial charge in [0.05, 0.1) is 0 Å². The fourth-order valence-electron chi connectivity index (χ4n) is 6.94. The highest BCUT2D eigenvalue weighted by molar-refractivity contribution is 6.21. The summed E-state index contributed by atoms with van der Waals surface area (Å²) in [4.78, 5) is 0. The van der Waals surface area contributed by atoms with E-state index in [-0.39, 0.29) is 0 Å². The molecule has 236 valence electrons. The van der Waals surface area contributed by atoms with Gasteiger partial charge in [0.1, 0.15) is 5.58 Å². The predicted molar refractivity (Wildman–Crippen MR) is 208 cm³/mol. The Hall–Kier alpha value is -5.60. The van der Waals surface area contributed by atoms with Crippen molar-refractivity contribution >= 4 is 44.5 Å². The summed E-state index contributed by atoms with van der Waals surface area (Å²) in [6.45, 7) is 10.5. The quantitative estimate of drug-likeness (QED) is 0.128. The van der Waals surface area contributed by atoms with E-state index in [9.17, 15) is 0 Å². The van der Waals surface area contributed by atoms with Crippen molar-refractivity contribution in [3.63, 3.8) is 0 Å². The van der Waals surface area contributed by atoms with Crippen LogP contribution in [0, 0.1) is 12.8 Å². The molecule has 1 aliphatic rings. The van der Waals surface area contributed by atoms with Crippen LogP contribution in [0.5, 0.6) is 0 Å². The lowest BCUT2D eigenvalue weighted by Crippen LogP contribution is -1.98. The summed E-state index contributed by atoms with van der Waals surface area (Å²) in [6, 6.07) is 33.2. The molecule has 0 saturated carbocycles. The molecule has 0 saturated heterocycles. The Kier molecular flexibility index (Phi) is 8.81. The standard InChI is InChI=1S/C46H41NO/c1-5-15-37(16-6-2)47-46-32(4)42-30-36(27-28-43(42)48-46)45-40-25-11-9-23-38(40)44(39-24-10-12-26-41(39)45)35-22-14-19-33(29-35)18-13-21-34-20-8-7-17-31(34)3/h5,7-20,22-30,34,47H,3,6,21H2,1-2,4H3/b15-5-,18-13+,37-16+. The van der Waals surface area contributed by atoms with Gasteiger partial charge in [-0.1, -0.05) is 135 Å². The van der Waals surface area contributed by atoms with Crippen molar-refractivity contribution in [2.75, 3.05) is 5.32 Å². The Labute approximate surface area is 283 Å². The van der Waals surface area contributed by atoms with E-state index in [2.05, 4.69) is 165 Å². The molecule has 2 heteroatoms. The van der Waals surface area contributed by atoms with Crippen LogP contribution in [0.4, 0.5) is 5.88 Å². The van der Waals surface area contributed by atoms with Crippen LogP contribution >= 0.6 is 0 Å². The molecule has 1 unspecified atom stereocenters. The van der Waals surface area contributed by atoms with Crippen LogP contribution < -0.4 is 5.32 Å². The second-order valence-electron chi connectivity index (χ2n) is 12.5. The van der Waals surface area contributed by atoms with Gasteiger partial charge in [0.15, 0.2) is 0 Å². The first-order chi connectivity index (χ1) is 23.6. The summed E-state index contributed by atoms with van der Waals surface area (Å²) in [5.74, 6) is 1.15.